The zero-order chi connectivity index (χ0) is 20.5. The van der Waals surface area contributed by atoms with E-state index in [2.05, 4.69) is 5.32 Å². The highest BCUT2D eigenvalue weighted by Crippen LogP contribution is 2.33. The largest absolute Gasteiger partial charge is 0.476 e. The fourth-order valence-corrected chi connectivity index (χ4v) is 3.71. The van der Waals surface area contributed by atoms with Crippen molar-refractivity contribution in [2.45, 2.75) is 17.9 Å². The maximum absolute atomic E-state index is 12.6. The van der Waals surface area contributed by atoms with Gasteiger partial charge < -0.3 is 15.0 Å². The number of anilines is 2. The molecule has 8 nitrogen and oxygen atoms in total. The Balaban J connectivity index is 1.76. The minimum atomic E-state index is -3.54. The van der Waals surface area contributed by atoms with Crippen LogP contribution in [0.1, 0.15) is 6.92 Å². The number of sulfonamides is 1. The Morgan fingerprint density at radius 1 is 1.11 bits per heavy atom. The number of carbonyl (C=O) groups is 2. The molecule has 0 bridgehead atoms. The van der Waals surface area contributed by atoms with Crippen molar-refractivity contribution in [3.63, 3.8) is 0 Å². The third-order valence-electron chi connectivity index (χ3n) is 4.35. The van der Waals surface area contributed by atoms with Crippen molar-refractivity contribution in [1.82, 2.24) is 4.31 Å². The van der Waals surface area contributed by atoms with E-state index in [1.54, 1.807) is 24.3 Å². The van der Waals surface area contributed by atoms with E-state index in [9.17, 15) is 18.0 Å². The average Bonchev–Trinajstić information content (AvgIpc) is 2.67. The molecule has 1 aliphatic rings. The molecule has 2 amide bonds. The van der Waals surface area contributed by atoms with Crippen molar-refractivity contribution in [3.05, 3.63) is 48.5 Å². The van der Waals surface area contributed by atoms with Crippen LogP contribution in [-0.2, 0) is 19.6 Å². The van der Waals surface area contributed by atoms with Crippen LogP contribution in [0.3, 0.4) is 0 Å². The number of fused-ring (bicyclic) bond motifs is 1. The minimum absolute atomic E-state index is 0.0886. The van der Waals surface area contributed by atoms with Crippen LogP contribution in [0.5, 0.6) is 5.75 Å². The predicted octanol–water partition coefficient (Wildman–Crippen LogP) is 1.69. The number of benzene rings is 2. The molecular formula is C19H21N3O5S. The first-order valence-electron chi connectivity index (χ1n) is 8.57. The van der Waals surface area contributed by atoms with Gasteiger partial charge in [-0.2, -0.15) is 0 Å². The molecule has 1 atom stereocenters. The molecule has 0 aromatic heterocycles. The highest BCUT2D eigenvalue weighted by atomic mass is 32.2. The normalized spacial score (nSPS) is 16.3. The molecule has 1 heterocycles. The molecule has 2 aromatic rings. The lowest BCUT2D eigenvalue weighted by Gasteiger charge is -2.33. The van der Waals surface area contributed by atoms with E-state index in [0.29, 0.717) is 17.1 Å². The van der Waals surface area contributed by atoms with E-state index in [1.807, 2.05) is 0 Å². The van der Waals surface area contributed by atoms with Crippen LogP contribution in [0, 0.1) is 0 Å². The van der Waals surface area contributed by atoms with Crippen molar-refractivity contribution in [2.24, 2.45) is 0 Å². The van der Waals surface area contributed by atoms with E-state index in [1.165, 1.54) is 50.2 Å². The topological polar surface area (TPSA) is 96.0 Å². The van der Waals surface area contributed by atoms with Gasteiger partial charge in [0.1, 0.15) is 5.75 Å². The lowest BCUT2D eigenvalue weighted by molar-refractivity contribution is -0.123. The molecule has 0 aliphatic carbocycles. The molecule has 148 valence electrons. The number of carbonyl (C=O) groups excluding carboxylic acids is 2. The van der Waals surface area contributed by atoms with E-state index >= 15 is 0 Å². The number of para-hydroxylation sites is 2. The smallest absolute Gasteiger partial charge is 0.267 e. The van der Waals surface area contributed by atoms with Gasteiger partial charge in [-0.05, 0) is 36.4 Å². The maximum atomic E-state index is 12.6. The summed E-state index contributed by atoms with van der Waals surface area (Å²) in [5.41, 5.74) is 1.05. The fourth-order valence-electron chi connectivity index (χ4n) is 2.81. The van der Waals surface area contributed by atoms with Gasteiger partial charge in [-0.25, -0.2) is 12.7 Å². The molecule has 0 radical (unpaired) electrons. The van der Waals surface area contributed by atoms with Gasteiger partial charge in [-0.15, -0.1) is 0 Å². The average molecular weight is 403 g/mol. The predicted molar refractivity (Wildman–Crippen MR) is 105 cm³/mol. The zero-order valence-electron chi connectivity index (χ0n) is 15.7. The standard InChI is InChI=1S/C19H21N3O5S/c1-13(23)22-12-18(27-17-7-5-4-6-16(17)22)19(24)20-14-8-10-15(11-9-14)28(25,26)21(2)3/h4-11,18H,12H2,1-3H3,(H,20,24)/t18-/m0/s1. The quantitative estimate of drug-likeness (QED) is 0.838. The highest BCUT2D eigenvalue weighted by molar-refractivity contribution is 7.89. The van der Waals surface area contributed by atoms with Gasteiger partial charge in [-0.3, -0.25) is 9.59 Å². The first-order chi connectivity index (χ1) is 13.2. The first kappa shape index (κ1) is 19.8. The van der Waals surface area contributed by atoms with Crippen LogP contribution in [0.25, 0.3) is 0 Å². The molecule has 3 rings (SSSR count). The van der Waals surface area contributed by atoms with Crippen LogP contribution >= 0.6 is 0 Å². The summed E-state index contributed by atoms with van der Waals surface area (Å²) in [4.78, 5) is 26.2. The fraction of sp³-hybridized carbons (Fsp3) is 0.263. The lowest BCUT2D eigenvalue weighted by atomic mass is 10.1. The first-order valence-corrected chi connectivity index (χ1v) is 10.0. The summed E-state index contributed by atoms with van der Waals surface area (Å²) in [6, 6.07) is 12.9. The summed E-state index contributed by atoms with van der Waals surface area (Å²) in [5, 5.41) is 2.70. The van der Waals surface area contributed by atoms with Crippen LogP contribution in [-0.4, -0.2) is 51.3 Å². The molecule has 0 spiro atoms. The summed E-state index contributed by atoms with van der Waals surface area (Å²) in [6.07, 6.45) is -0.885. The van der Waals surface area contributed by atoms with E-state index in [0.717, 1.165) is 4.31 Å². The number of rotatable bonds is 4. The van der Waals surface area contributed by atoms with Crippen molar-refractivity contribution in [1.29, 1.82) is 0 Å². The minimum Gasteiger partial charge on any atom is -0.476 e. The Bertz CT molecular complexity index is 1000. The van der Waals surface area contributed by atoms with Crippen molar-refractivity contribution >= 4 is 33.2 Å². The van der Waals surface area contributed by atoms with E-state index < -0.39 is 22.0 Å². The summed E-state index contributed by atoms with van der Waals surface area (Å²) < 4.78 is 31.1. The SMILES string of the molecule is CC(=O)N1C[C@@H](C(=O)Nc2ccc(S(=O)(=O)N(C)C)cc2)Oc2ccccc21. The molecule has 1 aliphatic heterocycles. The summed E-state index contributed by atoms with van der Waals surface area (Å²) in [5.74, 6) is -0.160. The zero-order valence-corrected chi connectivity index (χ0v) is 16.6. The van der Waals surface area contributed by atoms with Crippen LogP contribution in [0.15, 0.2) is 53.4 Å². The third kappa shape index (κ3) is 3.85. The molecule has 0 fully saturated rings. The Morgan fingerprint density at radius 2 is 1.75 bits per heavy atom. The second kappa shape index (κ2) is 7.61. The number of nitrogens with one attached hydrogen (secondary N) is 1. The van der Waals surface area contributed by atoms with Gasteiger partial charge in [0.15, 0.2) is 6.10 Å². The second-order valence-electron chi connectivity index (χ2n) is 6.50. The number of ether oxygens (including phenoxy) is 1. The van der Waals surface area contributed by atoms with Crippen LogP contribution in [0.2, 0.25) is 0 Å². The summed E-state index contributed by atoms with van der Waals surface area (Å²) >= 11 is 0. The number of hydrogen-bond acceptors (Lipinski definition) is 5. The molecule has 0 unspecified atom stereocenters. The summed E-state index contributed by atoms with van der Waals surface area (Å²) in [6.45, 7) is 1.52. The van der Waals surface area contributed by atoms with Crippen molar-refractivity contribution in [3.8, 4) is 5.75 Å². The molecular weight excluding hydrogens is 382 g/mol. The molecule has 9 heteroatoms. The van der Waals surface area contributed by atoms with Crippen LogP contribution < -0.4 is 15.0 Å². The highest BCUT2D eigenvalue weighted by Gasteiger charge is 2.32. The van der Waals surface area contributed by atoms with Gasteiger partial charge in [0.25, 0.3) is 5.91 Å². The van der Waals surface area contributed by atoms with Gasteiger partial charge in [0.2, 0.25) is 15.9 Å². The van der Waals surface area contributed by atoms with Gasteiger partial charge in [0, 0.05) is 26.7 Å². The van der Waals surface area contributed by atoms with E-state index in [4.69, 9.17) is 4.74 Å². The molecule has 0 saturated carbocycles. The number of nitrogens with zero attached hydrogens (tertiary/aromatic N) is 2. The summed E-state index contributed by atoms with van der Waals surface area (Å²) in [7, 11) is -0.644. The van der Waals surface area contributed by atoms with E-state index in [-0.39, 0.29) is 17.3 Å². The van der Waals surface area contributed by atoms with Crippen molar-refractivity contribution in [2.75, 3.05) is 30.9 Å². The number of hydrogen-bond donors (Lipinski definition) is 1. The monoisotopic (exact) mass is 403 g/mol. The third-order valence-corrected chi connectivity index (χ3v) is 6.18. The lowest BCUT2D eigenvalue weighted by Crippen LogP contribution is -2.48. The molecule has 0 saturated heterocycles. The van der Waals surface area contributed by atoms with Gasteiger partial charge in [0.05, 0.1) is 17.1 Å². The van der Waals surface area contributed by atoms with Gasteiger partial charge in [-0.1, -0.05) is 12.1 Å². The Kier molecular flexibility index (Phi) is 5.39. The Morgan fingerprint density at radius 3 is 2.36 bits per heavy atom. The molecule has 28 heavy (non-hydrogen) atoms. The molecule has 1 N–H and O–H groups in total. The van der Waals surface area contributed by atoms with Crippen LogP contribution in [0.4, 0.5) is 11.4 Å². The van der Waals surface area contributed by atoms with Gasteiger partial charge >= 0.3 is 0 Å². The Labute approximate surface area is 163 Å². The number of amides is 2. The Hall–Kier alpha value is -2.91. The second-order valence-corrected chi connectivity index (χ2v) is 8.66. The maximum Gasteiger partial charge on any atom is 0.267 e. The molecule has 2 aromatic carbocycles. The van der Waals surface area contributed by atoms with Crippen molar-refractivity contribution < 1.29 is 22.7 Å².